The summed E-state index contributed by atoms with van der Waals surface area (Å²) in [7, 11) is 1.69. The lowest BCUT2D eigenvalue weighted by Gasteiger charge is -2.18. The fraction of sp³-hybridized carbons (Fsp3) is 0.500. The van der Waals surface area contributed by atoms with E-state index in [1.54, 1.807) is 37.1 Å². The van der Waals surface area contributed by atoms with E-state index < -0.39 is 6.10 Å². The number of aliphatic hydroxyl groups excluding tert-OH is 1. The number of halogens is 1. The molecule has 0 bridgehead atoms. The molecule has 0 aliphatic carbocycles. The molecule has 1 aromatic rings. The average molecular weight is 286 g/mol. The number of hydrogen-bond donors (Lipinski definition) is 1. The van der Waals surface area contributed by atoms with Gasteiger partial charge in [-0.1, -0.05) is 17.7 Å². The Morgan fingerprint density at radius 1 is 1.53 bits per heavy atom. The molecule has 0 heterocycles. The first-order chi connectivity index (χ1) is 8.91. The Labute approximate surface area is 118 Å². The van der Waals surface area contributed by atoms with Crippen molar-refractivity contribution in [2.24, 2.45) is 0 Å². The highest BCUT2D eigenvalue weighted by Crippen LogP contribution is 2.24. The molecule has 5 heteroatoms. The molecular formula is C14H20ClNO3. The molecule has 0 fully saturated rings. The SMILES string of the molecule is Cc1c(Cl)cccc1OCC(=O)N(C)CCC(C)O. The zero-order valence-electron chi connectivity index (χ0n) is 11.5. The van der Waals surface area contributed by atoms with Gasteiger partial charge in [0.05, 0.1) is 6.10 Å². The first-order valence-electron chi connectivity index (χ1n) is 6.21. The molecule has 1 amide bonds. The lowest BCUT2D eigenvalue weighted by Crippen LogP contribution is -2.33. The fourth-order valence-corrected chi connectivity index (χ4v) is 1.66. The quantitative estimate of drug-likeness (QED) is 0.872. The van der Waals surface area contributed by atoms with Crippen LogP contribution >= 0.6 is 11.6 Å². The van der Waals surface area contributed by atoms with Crippen LogP contribution in [-0.2, 0) is 4.79 Å². The highest BCUT2D eigenvalue weighted by molar-refractivity contribution is 6.31. The minimum atomic E-state index is -0.411. The number of likely N-dealkylation sites (N-methyl/N-ethyl adjacent to an activating group) is 1. The Bertz CT molecular complexity index is 435. The van der Waals surface area contributed by atoms with Crippen LogP contribution in [-0.4, -0.2) is 42.2 Å². The number of nitrogens with zero attached hydrogens (tertiary/aromatic N) is 1. The number of rotatable bonds is 6. The molecule has 0 aliphatic heterocycles. The zero-order chi connectivity index (χ0) is 14.4. The van der Waals surface area contributed by atoms with Crippen molar-refractivity contribution in [3.63, 3.8) is 0 Å². The first-order valence-corrected chi connectivity index (χ1v) is 6.59. The zero-order valence-corrected chi connectivity index (χ0v) is 12.3. The van der Waals surface area contributed by atoms with E-state index in [0.29, 0.717) is 23.7 Å². The van der Waals surface area contributed by atoms with Crippen molar-refractivity contribution in [3.8, 4) is 5.75 Å². The Balaban J connectivity index is 2.47. The lowest BCUT2D eigenvalue weighted by atomic mass is 10.2. The van der Waals surface area contributed by atoms with Gasteiger partial charge < -0.3 is 14.7 Å². The van der Waals surface area contributed by atoms with E-state index in [0.717, 1.165) is 5.56 Å². The Kier molecular flexibility index (Phi) is 6.12. The van der Waals surface area contributed by atoms with Crippen molar-refractivity contribution in [2.45, 2.75) is 26.4 Å². The van der Waals surface area contributed by atoms with Gasteiger partial charge in [0, 0.05) is 24.2 Å². The summed E-state index contributed by atoms with van der Waals surface area (Å²) in [4.78, 5) is 13.4. The molecule has 0 radical (unpaired) electrons. The first kappa shape index (κ1) is 15.8. The third-order valence-electron chi connectivity index (χ3n) is 2.88. The molecule has 19 heavy (non-hydrogen) atoms. The lowest BCUT2D eigenvalue weighted by molar-refractivity contribution is -0.132. The van der Waals surface area contributed by atoms with Crippen LogP contribution in [0.5, 0.6) is 5.75 Å². The smallest absolute Gasteiger partial charge is 0.260 e. The molecule has 1 rings (SSSR count). The summed E-state index contributed by atoms with van der Waals surface area (Å²) in [6, 6.07) is 5.34. The van der Waals surface area contributed by atoms with Gasteiger partial charge in [0.1, 0.15) is 5.75 Å². The van der Waals surface area contributed by atoms with Crippen LogP contribution in [0.4, 0.5) is 0 Å². The fourth-order valence-electron chi connectivity index (χ4n) is 1.50. The molecule has 4 nitrogen and oxygen atoms in total. The minimum absolute atomic E-state index is 0.0303. The summed E-state index contributed by atoms with van der Waals surface area (Å²) in [6.45, 7) is 4.02. The maximum atomic E-state index is 11.8. The second-order valence-corrected chi connectivity index (χ2v) is 5.01. The summed E-state index contributed by atoms with van der Waals surface area (Å²) in [5.41, 5.74) is 0.823. The summed E-state index contributed by atoms with van der Waals surface area (Å²) in [6.07, 6.45) is 0.143. The Morgan fingerprint density at radius 3 is 2.84 bits per heavy atom. The monoisotopic (exact) mass is 285 g/mol. The highest BCUT2D eigenvalue weighted by Gasteiger charge is 2.11. The number of ether oxygens (including phenoxy) is 1. The topological polar surface area (TPSA) is 49.8 Å². The van der Waals surface area contributed by atoms with E-state index in [4.69, 9.17) is 16.3 Å². The molecule has 0 saturated heterocycles. The molecule has 1 N–H and O–H groups in total. The number of hydrogen-bond acceptors (Lipinski definition) is 3. The number of carbonyl (C=O) groups excluding carboxylic acids is 1. The second-order valence-electron chi connectivity index (χ2n) is 4.60. The predicted molar refractivity (Wildman–Crippen MR) is 75.6 cm³/mol. The van der Waals surface area contributed by atoms with Crippen LogP contribution in [0.15, 0.2) is 18.2 Å². The standard InChI is InChI=1S/C14H20ClNO3/c1-10(17)7-8-16(3)14(18)9-19-13-6-4-5-12(15)11(13)2/h4-6,10,17H,7-9H2,1-3H3. The van der Waals surface area contributed by atoms with Crippen molar-refractivity contribution in [1.29, 1.82) is 0 Å². The van der Waals surface area contributed by atoms with Crippen LogP contribution in [0.1, 0.15) is 18.9 Å². The van der Waals surface area contributed by atoms with Crippen molar-refractivity contribution in [3.05, 3.63) is 28.8 Å². The van der Waals surface area contributed by atoms with Gasteiger partial charge in [0.25, 0.3) is 5.91 Å². The number of carbonyl (C=O) groups is 1. The molecule has 0 saturated carbocycles. The van der Waals surface area contributed by atoms with E-state index in [2.05, 4.69) is 0 Å². The number of aliphatic hydroxyl groups is 1. The van der Waals surface area contributed by atoms with E-state index in [-0.39, 0.29) is 12.5 Å². The summed E-state index contributed by atoms with van der Waals surface area (Å²) < 4.78 is 5.47. The van der Waals surface area contributed by atoms with Gasteiger partial charge in [0.2, 0.25) is 0 Å². The maximum Gasteiger partial charge on any atom is 0.260 e. The highest BCUT2D eigenvalue weighted by atomic mass is 35.5. The predicted octanol–water partition coefficient (Wildman–Crippen LogP) is 2.26. The molecule has 1 atom stereocenters. The van der Waals surface area contributed by atoms with E-state index in [1.165, 1.54) is 0 Å². The summed E-state index contributed by atoms with van der Waals surface area (Å²) in [5.74, 6) is 0.491. The molecular weight excluding hydrogens is 266 g/mol. The molecule has 0 spiro atoms. The summed E-state index contributed by atoms with van der Waals surface area (Å²) in [5, 5.41) is 9.79. The van der Waals surface area contributed by atoms with Gasteiger partial charge in [-0.15, -0.1) is 0 Å². The summed E-state index contributed by atoms with van der Waals surface area (Å²) >= 11 is 5.97. The van der Waals surface area contributed by atoms with Crippen LogP contribution in [0.2, 0.25) is 5.02 Å². The van der Waals surface area contributed by atoms with Gasteiger partial charge in [-0.2, -0.15) is 0 Å². The van der Waals surface area contributed by atoms with E-state index in [1.807, 2.05) is 6.92 Å². The normalized spacial score (nSPS) is 12.1. The molecule has 0 aliphatic rings. The van der Waals surface area contributed by atoms with Crippen molar-refractivity contribution in [2.75, 3.05) is 20.2 Å². The molecule has 106 valence electrons. The number of benzene rings is 1. The van der Waals surface area contributed by atoms with Crippen molar-refractivity contribution < 1.29 is 14.6 Å². The minimum Gasteiger partial charge on any atom is -0.483 e. The van der Waals surface area contributed by atoms with Gasteiger partial charge in [-0.05, 0) is 32.4 Å². The van der Waals surface area contributed by atoms with Gasteiger partial charge in [-0.3, -0.25) is 4.79 Å². The molecule has 1 unspecified atom stereocenters. The second kappa shape index (κ2) is 7.36. The van der Waals surface area contributed by atoms with Crippen LogP contribution in [0.3, 0.4) is 0 Å². The van der Waals surface area contributed by atoms with E-state index >= 15 is 0 Å². The third kappa shape index (κ3) is 5.09. The largest absolute Gasteiger partial charge is 0.483 e. The average Bonchev–Trinajstić information content (AvgIpc) is 2.37. The van der Waals surface area contributed by atoms with Crippen LogP contribution in [0.25, 0.3) is 0 Å². The maximum absolute atomic E-state index is 11.8. The number of amides is 1. The van der Waals surface area contributed by atoms with Gasteiger partial charge in [-0.25, -0.2) is 0 Å². The van der Waals surface area contributed by atoms with Crippen molar-refractivity contribution >= 4 is 17.5 Å². The van der Waals surface area contributed by atoms with Crippen LogP contribution in [0, 0.1) is 6.92 Å². The Hall–Kier alpha value is -1.26. The van der Waals surface area contributed by atoms with E-state index in [9.17, 15) is 9.90 Å². The van der Waals surface area contributed by atoms with Gasteiger partial charge in [0.15, 0.2) is 6.61 Å². The molecule has 0 aromatic heterocycles. The molecule has 1 aromatic carbocycles. The van der Waals surface area contributed by atoms with Crippen molar-refractivity contribution in [1.82, 2.24) is 4.90 Å². The Morgan fingerprint density at radius 2 is 2.21 bits per heavy atom. The van der Waals surface area contributed by atoms with Gasteiger partial charge >= 0.3 is 0 Å². The third-order valence-corrected chi connectivity index (χ3v) is 3.29. The van der Waals surface area contributed by atoms with Crippen LogP contribution < -0.4 is 4.74 Å².